The molecule has 1 fully saturated rings. The van der Waals surface area contributed by atoms with Gasteiger partial charge in [-0.05, 0) is 42.6 Å². The van der Waals surface area contributed by atoms with Gasteiger partial charge in [0.05, 0.1) is 42.1 Å². The van der Waals surface area contributed by atoms with Gasteiger partial charge >= 0.3 is 5.97 Å². The molecule has 1 aliphatic rings. The molecule has 3 aromatic heterocycles. The van der Waals surface area contributed by atoms with Gasteiger partial charge in [0.2, 0.25) is 41.4 Å². The number of imidazole rings is 3. The zero-order chi connectivity index (χ0) is 52.5. The van der Waals surface area contributed by atoms with Crippen LogP contribution in [0.4, 0.5) is 0 Å². The molecule has 9 atom stereocenters. The van der Waals surface area contributed by atoms with Crippen LogP contribution < -0.4 is 37.6 Å². The number of aromatic nitrogens is 6. The fraction of sp³-hybridized carbons (Fsp3) is 0.531. The topological polar surface area (TPSA) is 344 Å². The van der Waals surface area contributed by atoms with E-state index in [9.17, 15) is 43.5 Å². The summed E-state index contributed by atoms with van der Waals surface area (Å²) in [7, 11) is 0. The number of nitrogens with two attached hydrogens (primary N) is 1. The number of likely N-dealkylation sites (tertiary alicyclic amines) is 1. The number of nitrogens with zero attached hydrogens (tertiary/aromatic N) is 4. The van der Waals surface area contributed by atoms with Crippen molar-refractivity contribution in [3.05, 3.63) is 90.5 Å². The Balaban J connectivity index is 1.32. The van der Waals surface area contributed by atoms with Crippen LogP contribution in [0.1, 0.15) is 89.9 Å². The minimum absolute atomic E-state index is 0.0241. The number of carboxylic acid groups (broad SMARTS) is 1. The lowest BCUT2D eigenvalue weighted by atomic mass is 9.95. The Morgan fingerprint density at radius 1 is 0.653 bits per heavy atom. The van der Waals surface area contributed by atoms with Crippen LogP contribution in [0, 0.1) is 17.8 Å². The van der Waals surface area contributed by atoms with E-state index in [0.717, 1.165) is 0 Å². The molecule has 72 heavy (non-hydrogen) atoms. The number of carbonyl (C=O) groups excluding carboxylic acids is 7. The quantitative estimate of drug-likeness (QED) is 0.0381. The average molecular weight is 999 g/mol. The highest BCUT2D eigenvalue weighted by Crippen LogP contribution is 2.20. The number of carboxylic acids is 1. The van der Waals surface area contributed by atoms with E-state index in [-0.39, 0.29) is 38.0 Å². The number of amides is 7. The summed E-state index contributed by atoms with van der Waals surface area (Å²) in [4.78, 5) is 133. The highest BCUT2D eigenvalue weighted by Gasteiger charge is 2.40. The molecule has 1 aromatic carbocycles. The van der Waals surface area contributed by atoms with Gasteiger partial charge in [-0.3, -0.25) is 33.6 Å². The molecule has 0 bridgehead atoms. The fourth-order valence-corrected chi connectivity index (χ4v) is 8.43. The van der Waals surface area contributed by atoms with Crippen molar-refractivity contribution in [3.8, 4) is 0 Å². The highest BCUT2D eigenvalue weighted by atomic mass is 16.4. The second kappa shape index (κ2) is 26.7. The molecule has 23 nitrogen and oxygen atoms in total. The Morgan fingerprint density at radius 2 is 1.15 bits per heavy atom. The third kappa shape index (κ3) is 16.0. The van der Waals surface area contributed by atoms with Crippen LogP contribution >= 0.6 is 0 Å². The predicted molar refractivity (Wildman–Crippen MR) is 263 cm³/mol. The lowest BCUT2D eigenvalue weighted by Gasteiger charge is -2.30. The van der Waals surface area contributed by atoms with Gasteiger partial charge in [-0.15, -0.1) is 0 Å². The van der Waals surface area contributed by atoms with E-state index in [2.05, 4.69) is 61.8 Å². The summed E-state index contributed by atoms with van der Waals surface area (Å²) >= 11 is 0. The number of aliphatic carboxylic acids is 1. The Labute approximate surface area is 418 Å². The third-order valence-corrected chi connectivity index (χ3v) is 12.6. The van der Waals surface area contributed by atoms with E-state index in [4.69, 9.17) is 5.73 Å². The molecule has 0 radical (unpaired) electrons. The van der Waals surface area contributed by atoms with E-state index in [1.54, 1.807) is 57.4 Å². The maximum atomic E-state index is 14.5. The van der Waals surface area contributed by atoms with Crippen LogP contribution in [-0.2, 0) is 64.0 Å². The van der Waals surface area contributed by atoms with E-state index in [1.165, 1.54) is 30.1 Å². The summed E-state index contributed by atoms with van der Waals surface area (Å²) in [5, 5.41) is 26.4. The van der Waals surface area contributed by atoms with Crippen LogP contribution in [0.15, 0.2) is 67.9 Å². The SMILES string of the molecule is CC[C@H](C)[C@H](NC(=O)[C@@H](NC(=O)[C@H](CC(C)C)NC(=O)[C@H](Cc1c[nH]cn1)NC(=O)[C@H](Cc1ccccc1)NC(=O)[C@@H]1CCCN1C(=O)[C@@H](N)Cc1c[nH]cn1)C(C)C)C(=O)N[C@@H](Cc1c[nH]cn1)C(=O)O. The highest BCUT2D eigenvalue weighted by molar-refractivity contribution is 5.98. The number of hydrogen-bond acceptors (Lipinski definition) is 12. The molecular formula is C49H70N14O9. The first-order valence-electron chi connectivity index (χ1n) is 24.4. The minimum atomic E-state index is -1.34. The molecular weight excluding hydrogens is 929 g/mol. The Kier molecular flexibility index (Phi) is 20.6. The van der Waals surface area contributed by atoms with Gasteiger partial charge in [-0.25, -0.2) is 19.7 Å². The summed E-state index contributed by atoms with van der Waals surface area (Å²) in [6.07, 6.45) is 10.4. The third-order valence-electron chi connectivity index (χ3n) is 12.6. The predicted octanol–water partition coefficient (Wildman–Crippen LogP) is 0.186. The van der Waals surface area contributed by atoms with E-state index in [1.807, 2.05) is 26.8 Å². The van der Waals surface area contributed by atoms with Crippen LogP contribution in [0.3, 0.4) is 0 Å². The largest absolute Gasteiger partial charge is 0.480 e. The number of nitrogens with one attached hydrogen (secondary N) is 9. The molecule has 0 unspecified atom stereocenters. The Hall–Kier alpha value is -7.43. The number of carbonyl (C=O) groups is 8. The first-order chi connectivity index (χ1) is 34.3. The van der Waals surface area contributed by atoms with Crippen molar-refractivity contribution < 1.29 is 43.5 Å². The van der Waals surface area contributed by atoms with Crippen molar-refractivity contribution in [2.75, 3.05) is 6.54 Å². The van der Waals surface area contributed by atoms with Gasteiger partial charge in [0, 0.05) is 50.8 Å². The first-order valence-corrected chi connectivity index (χ1v) is 24.4. The van der Waals surface area contributed by atoms with Crippen LogP contribution in [0.2, 0.25) is 0 Å². The Bertz CT molecular complexity index is 2400. The summed E-state index contributed by atoms with van der Waals surface area (Å²) < 4.78 is 0. The van der Waals surface area contributed by atoms with Gasteiger partial charge in [0.25, 0.3) is 0 Å². The monoisotopic (exact) mass is 999 g/mol. The summed E-state index contributed by atoms with van der Waals surface area (Å²) in [5.41, 5.74) is 8.40. The van der Waals surface area contributed by atoms with Gasteiger partial charge < -0.3 is 62.6 Å². The number of aromatic amines is 3. The van der Waals surface area contributed by atoms with E-state index in [0.29, 0.717) is 48.5 Å². The molecule has 7 amide bonds. The molecule has 1 saturated heterocycles. The Morgan fingerprint density at radius 3 is 1.68 bits per heavy atom. The fourth-order valence-electron chi connectivity index (χ4n) is 8.43. The van der Waals surface area contributed by atoms with E-state index < -0.39 is 107 Å². The second-order valence-corrected chi connectivity index (χ2v) is 19.1. The smallest absolute Gasteiger partial charge is 0.326 e. The zero-order valence-electron chi connectivity index (χ0n) is 41.6. The normalized spacial score (nSPS) is 16.8. The van der Waals surface area contributed by atoms with Gasteiger partial charge in [-0.1, -0.05) is 78.3 Å². The number of benzene rings is 1. The minimum Gasteiger partial charge on any atom is -0.480 e. The van der Waals surface area contributed by atoms with Gasteiger partial charge in [0.1, 0.15) is 42.3 Å². The molecule has 0 aliphatic carbocycles. The average Bonchev–Trinajstić information content (AvgIpc) is 4.21. The van der Waals surface area contributed by atoms with Crippen molar-refractivity contribution in [2.45, 2.75) is 141 Å². The standard InChI is InChI=1S/C49H70N14O9/c1-7-29(6)41(47(69)60-38(49(71)72)20-33-23-53-26-56-33)62-46(68)40(28(4)5)61-44(66)35(16-27(2)3)57-43(65)37(19-32-22-52-25-55-32)58-42(64)36(17-30-12-9-8-10-13-30)59-45(67)39-14-11-15-63(39)48(70)34(50)18-31-21-51-24-54-31/h8-10,12-13,21-29,34-41H,7,11,14-20,50H2,1-6H3,(H,51,54)(H,52,55)(H,53,56)(H,57,65)(H,58,64)(H,59,67)(H,60,69)(H,61,66)(H,62,68)(H,71,72)/t29-,34-,35-,36-,37-,38-,39-,40-,41-/m0/s1. The van der Waals surface area contributed by atoms with Crippen molar-refractivity contribution >= 4 is 47.3 Å². The molecule has 4 heterocycles. The zero-order valence-corrected chi connectivity index (χ0v) is 41.6. The number of rotatable bonds is 27. The first kappa shape index (κ1) is 55.5. The van der Waals surface area contributed by atoms with Crippen LogP contribution in [0.5, 0.6) is 0 Å². The maximum absolute atomic E-state index is 14.5. The lowest BCUT2D eigenvalue weighted by molar-refractivity contribution is -0.142. The molecule has 12 N–H and O–H groups in total. The molecule has 0 saturated carbocycles. The van der Waals surface area contributed by atoms with Gasteiger partial charge in [0.15, 0.2) is 0 Å². The van der Waals surface area contributed by atoms with Gasteiger partial charge in [-0.2, -0.15) is 0 Å². The summed E-state index contributed by atoms with van der Waals surface area (Å²) in [5.74, 6) is -7.02. The number of H-pyrrole nitrogens is 3. The molecule has 5 rings (SSSR count). The van der Waals surface area contributed by atoms with Crippen molar-refractivity contribution in [2.24, 2.45) is 23.5 Å². The molecule has 0 spiro atoms. The van der Waals surface area contributed by atoms with Crippen LogP contribution in [0.25, 0.3) is 0 Å². The summed E-state index contributed by atoms with van der Waals surface area (Å²) in [6, 6.07) is -0.410. The van der Waals surface area contributed by atoms with Crippen molar-refractivity contribution in [1.29, 1.82) is 0 Å². The summed E-state index contributed by atoms with van der Waals surface area (Å²) in [6.45, 7) is 10.9. The van der Waals surface area contributed by atoms with Crippen molar-refractivity contribution in [1.82, 2.24) is 66.7 Å². The van der Waals surface area contributed by atoms with E-state index >= 15 is 0 Å². The second-order valence-electron chi connectivity index (χ2n) is 19.1. The van der Waals surface area contributed by atoms with Crippen molar-refractivity contribution in [3.63, 3.8) is 0 Å². The molecule has 390 valence electrons. The lowest BCUT2D eigenvalue weighted by Crippen LogP contribution is -2.61. The molecule has 4 aromatic rings. The maximum Gasteiger partial charge on any atom is 0.326 e. The molecule has 1 aliphatic heterocycles. The number of hydrogen-bond donors (Lipinski definition) is 11. The van der Waals surface area contributed by atoms with Crippen LogP contribution in [-0.4, -0.2) is 142 Å². The molecule has 23 heteroatoms.